The Morgan fingerprint density at radius 2 is 2.00 bits per heavy atom. The van der Waals surface area contributed by atoms with Gasteiger partial charge in [0.1, 0.15) is 6.61 Å². The Balaban J connectivity index is 2.03. The molecule has 2 rings (SSSR count). The Morgan fingerprint density at radius 1 is 1.26 bits per heavy atom. The number of rotatable bonds is 7. The number of carboxylic acid groups (broad SMARTS) is 1. The molecule has 126 valence electrons. The van der Waals surface area contributed by atoms with E-state index in [1.54, 1.807) is 6.07 Å². The van der Waals surface area contributed by atoms with E-state index in [0.29, 0.717) is 11.6 Å². The Morgan fingerprint density at radius 3 is 2.65 bits per heavy atom. The van der Waals surface area contributed by atoms with Gasteiger partial charge in [0, 0.05) is 11.6 Å². The van der Waals surface area contributed by atoms with Gasteiger partial charge in [-0.15, -0.1) is 0 Å². The highest BCUT2D eigenvalue weighted by atomic mass is 35.5. The summed E-state index contributed by atoms with van der Waals surface area (Å²) in [4.78, 5) is 23.2. The first-order valence-corrected chi connectivity index (χ1v) is 8.26. The van der Waals surface area contributed by atoms with Crippen LogP contribution in [0.1, 0.15) is 37.7 Å². The maximum Gasteiger partial charge on any atom is 0.329 e. The summed E-state index contributed by atoms with van der Waals surface area (Å²) in [5.41, 5.74) is 0.407. The summed E-state index contributed by atoms with van der Waals surface area (Å²) in [6, 6.07) is 7.50. The summed E-state index contributed by atoms with van der Waals surface area (Å²) in [6.45, 7) is 0.132. The molecule has 0 bridgehead atoms. The lowest BCUT2D eigenvalue weighted by atomic mass is 9.68. The topological polar surface area (TPSA) is 75.6 Å². The lowest BCUT2D eigenvalue weighted by Gasteiger charge is -2.36. The highest BCUT2D eigenvalue weighted by Crippen LogP contribution is 2.40. The number of halogens is 1. The highest BCUT2D eigenvalue weighted by molar-refractivity contribution is 6.30. The summed E-state index contributed by atoms with van der Waals surface area (Å²) in [5, 5.41) is 12.0. The first-order chi connectivity index (χ1) is 11.0. The van der Waals surface area contributed by atoms with Crippen LogP contribution in [0.4, 0.5) is 0 Å². The zero-order valence-corrected chi connectivity index (χ0v) is 13.8. The number of amides is 1. The maximum absolute atomic E-state index is 12.8. The van der Waals surface area contributed by atoms with E-state index in [0.717, 1.165) is 37.7 Å². The fourth-order valence-corrected chi connectivity index (χ4v) is 3.34. The summed E-state index contributed by atoms with van der Waals surface area (Å²) in [6.07, 6.45) is 4.76. The highest BCUT2D eigenvalue weighted by Gasteiger charge is 2.40. The average molecular weight is 340 g/mol. The first kappa shape index (κ1) is 17.8. The molecule has 5 nitrogen and oxygen atoms in total. The van der Waals surface area contributed by atoms with Gasteiger partial charge in [0.05, 0.1) is 12.0 Å². The second-order valence-electron chi connectivity index (χ2n) is 5.86. The van der Waals surface area contributed by atoms with Gasteiger partial charge in [0.15, 0.2) is 0 Å². The minimum absolute atomic E-state index is 0.0293. The van der Waals surface area contributed by atoms with E-state index < -0.39 is 11.4 Å². The minimum Gasteiger partial charge on any atom is -0.480 e. The van der Waals surface area contributed by atoms with Crippen molar-refractivity contribution in [1.29, 1.82) is 0 Å². The minimum atomic E-state index is -1.01. The maximum atomic E-state index is 12.8. The first-order valence-electron chi connectivity index (χ1n) is 7.88. The van der Waals surface area contributed by atoms with Crippen LogP contribution >= 0.6 is 11.6 Å². The van der Waals surface area contributed by atoms with Crippen LogP contribution in [0.15, 0.2) is 24.3 Å². The molecule has 0 unspecified atom stereocenters. The van der Waals surface area contributed by atoms with Crippen molar-refractivity contribution in [2.45, 2.75) is 37.5 Å². The number of nitrogens with one attached hydrogen (secondary N) is 1. The molecule has 1 aromatic rings. The third kappa shape index (κ3) is 4.69. The Kier molecular flexibility index (Phi) is 6.42. The third-order valence-electron chi connectivity index (χ3n) is 4.28. The fraction of sp³-hybridized carbons (Fsp3) is 0.529. The largest absolute Gasteiger partial charge is 0.480 e. The molecule has 1 amide bonds. The number of carbonyl (C=O) groups excluding carboxylic acids is 1. The molecule has 0 spiro atoms. The number of benzene rings is 1. The quantitative estimate of drug-likeness (QED) is 0.749. The van der Waals surface area contributed by atoms with Crippen molar-refractivity contribution in [2.24, 2.45) is 0 Å². The van der Waals surface area contributed by atoms with Crippen LogP contribution in [0.3, 0.4) is 0 Å². The molecule has 2 N–H and O–H groups in total. The summed E-state index contributed by atoms with van der Waals surface area (Å²) in [7, 11) is 0. The Bertz CT molecular complexity index is 555. The molecular weight excluding hydrogens is 318 g/mol. The lowest BCUT2D eigenvalue weighted by molar-refractivity contribution is -0.142. The van der Waals surface area contributed by atoms with Gasteiger partial charge in [-0.3, -0.25) is 4.79 Å². The van der Waals surface area contributed by atoms with E-state index in [1.165, 1.54) is 0 Å². The normalized spacial score (nSPS) is 16.7. The van der Waals surface area contributed by atoms with E-state index in [9.17, 15) is 9.59 Å². The van der Waals surface area contributed by atoms with Crippen molar-refractivity contribution in [3.63, 3.8) is 0 Å². The van der Waals surface area contributed by atoms with E-state index in [2.05, 4.69) is 5.32 Å². The molecule has 0 radical (unpaired) electrons. The van der Waals surface area contributed by atoms with E-state index in [4.69, 9.17) is 21.4 Å². The van der Waals surface area contributed by atoms with Gasteiger partial charge in [-0.25, -0.2) is 4.79 Å². The molecule has 0 heterocycles. The molecule has 0 atom stereocenters. The van der Waals surface area contributed by atoms with E-state index in [-0.39, 0.29) is 19.1 Å². The predicted molar refractivity (Wildman–Crippen MR) is 87.7 cm³/mol. The number of carbonyl (C=O) groups is 2. The Labute approximate surface area is 141 Å². The van der Waals surface area contributed by atoms with Crippen LogP contribution in [0, 0.1) is 0 Å². The van der Waals surface area contributed by atoms with Crippen molar-refractivity contribution in [3.05, 3.63) is 34.9 Å². The number of ether oxygens (including phenoxy) is 1. The standard InChI is InChI=1S/C17H22ClNO4/c18-14-6-4-5-13(11-14)17(7-2-1-3-8-17)16(22)19-9-10-23-12-15(20)21/h4-6,11H,1-3,7-10,12H2,(H,19,22)(H,20,21). The molecule has 1 aromatic carbocycles. The van der Waals surface area contributed by atoms with Crippen molar-refractivity contribution in [2.75, 3.05) is 19.8 Å². The summed E-state index contributed by atoms with van der Waals surface area (Å²) in [5.74, 6) is -1.04. The van der Waals surface area contributed by atoms with Gasteiger partial charge >= 0.3 is 5.97 Å². The van der Waals surface area contributed by atoms with Gasteiger partial charge in [-0.2, -0.15) is 0 Å². The number of hydrogen-bond donors (Lipinski definition) is 2. The number of hydrogen-bond acceptors (Lipinski definition) is 3. The van der Waals surface area contributed by atoms with Crippen LogP contribution in [-0.4, -0.2) is 36.7 Å². The van der Waals surface area contributed by atoms with E-state index >= 15 is 0 Å². The van der Waals surface area contributed by atoms with Crippen LogP contribution < -0.4 is 5.32 Å². The van der Waals surface area contributed by atoms with Crippen LogP contribution in [-0.2, 0) is 19.7 Å². The second kappa shape index (κ2) is 8.31. The van der Waals surface area contributed by atoms with Gasteiger partial charge in [0.25, 0.3) is 0 Å². The zero-order chi connectivity index (χ0) is 16.7. The van der Waals surface area contributed by atoms with Crippen LogP contribution in [0.25, 0.3) is 0 Å². The molecule has 6 heteroatoms. The van der Waals surface area contributed by atoms with Crippen LogP contribution in [0.5, 0.6) is 0 Å². The summed E-state index contributed by atoms with van der Waals surface area (Å²) >= 11 is 6.10. The average Bonchev–Trinajstić information content (AvgIpc) is 2.54. The molecule has 1 fully saturated rings. The zero-order valence-electron chi connectivity index (χ0n) is 13.0. The number of carboxylic acids is 1. The van der Waals surface area contributed by atoms with Gasteiger partial charge < -0.3 is 15.2 Å². The van der Waals surface area contributed by atoms with Crippen molar-refractivity contribution in [3.8, 4) is 0 Å². The van der Waals surface area contributed by atoms with Crippen molar-refractivity contribution in [1.82, 2.24) is 5.32 Å². The molecule has 1 saturated carbocycles. The van der Waals surface area contributed by atoms with E-state index in [1.807, 2.05) is 18.2 Å². The molecular formula is C17H22ClNO4. The van der Waals surface area contributed by atoms with Crippen molar-refractivity contribution < 1.29 is 19.4 Å². The molecule has 0 aromatic heterocycles. The Hall–Kier alpha value is -1.59. The second-order valence-corrected chi connectivity index (χ2v) is 6.29. The van der Waals surface area contributed by atoms with Gasteiger partial charge in [-0.1, -0.05) is 43.0 Å². The van der Waals surface area contributed by atoms with Crippen LogP contribution in [0.2, 0.25) is 5.02 Å². The van der Waals surface area contributed by atoms with Gasteiger partial charge in [-0.05, 0) is 30.5 Å². The molecule has 0 saturated heterocycles. The SMILES string of the molecule is O=C(O)COCCNC(=O)C1(c2cccc(Cl)c2)CCCCC1. The lowest BCUT2D eigenvalue weighted by Crippen LogP contribution is -2.46. The molecule has 1 aliphatic rings. The molecule has 0 aliphatic heterocycles. The smallest absolute Gasteiger partial charge is 0.329 e. The molecule has 23 heavy (non-hydrogen) atoms. The summed E-state index contributed by atoms with van der Waals surface area (Å²) < 4.78 is 4.96. The number of aliphatic carboxylic acids is 1. The fourth-order valence-electron chi connectivity index (χ4n) is 3.15. The monoisotopic (exact) mass is 339 g/mol. The van der Waals surface area contributed by atoms with Gasteiger partial charge in [0.2, 0.25) is 5.91 Å². The van der Waals surface area contributed by atoms with Crippen molar-refractivity contribution >= 4 is 23.5 Å². The predicted octanol–water partition coefficient (Wildman–Crippen LogP) is 2.76. The third-order valence-corrected chi connectivity index (χ3v) is 4.51. The molecule has 1 aliphatic carbocycles.